The number of para-hydroxylation sites is 1. The maximum Gasteiger partial charge on any atom is 0.244 e. The molecular formula is C29H41N3O4S. The summed E-state index contributed by atoms with van der Waals surface area (Å²) in [5.74, 6) is -0.513. The Kier molecular flexibility index (Phi) is 9.76. The number of rotatable bonds is 11. The molecule has 1 aliphatic rings. The van der Waals surface area contributed by atoms with Crippen molar-refractivity contribution < 1.29 is 18.0 Å². The molecule has 0 unspecified atom stereocenters. The average molecular weight is 528 g/mol. The molecule has 3 rings (SSSR count). The first-order chi connectivity index (χ1) is 17.5. The summed E-state index contributed by atoms with van der Waals surface area (Å²) in [6, 6.07) is 14.5. The van der Waals surface area contributed by atoms with Crippen molar-refractivity contribution >= 4 is 27.5 Å². The molecule has 0 aliphatic heterocycles. The number of benzene rings is 2. The van der Waals surface area contributed by atoms with Gasteiger partial charge in [-0.3, -0.25) is 13.9 Å². The summed E-state index contributed by atoms with van der Waals surface area (Å²) in [4.78, 5) is 28.8. The fraction of sp³-hybridized carbons (Fsp3) is 0.517. The molecule has 202 valence electrons. The minimum absolute atomic E-state index is 0.0693. The van der Waals surface area contributed by atoms with Crippen LogP contribution in [0.5, 0.6) is 0 Å². The van der Waals surface area contributed by atoms with Gasteiger partial charge in [-0.15, -0.1) is 0 Å². The van der Waals surface area contributed by atoms with Crippen LogP contribution in [0.4, 0.5) is 5.69 Å². The fourth-order valence-electron chi connectivity index (χ4n) is 4.97. The summed E-state index contributed by atoms with van der Waals surface area (Å²) in [6.07, 6.45) is 5.62. The lowest BCUT2D eigenvalue weighted by Crippen LogP contribution is -2.53. The highest BCUT2D eigenvalue weighted by atomic mass is 32.2. The Morgan fingerprint density at radius 1 is 1.03 bits per heavy atom. The predicted molar refractivity (Wildman–Crippen MR) is 149 cm³/mol. The topological polar surface area (TPSA) is 86.8 Å². The maximum atomic E-state index is 13.9. The molecule has 0 spiro atoms. The Bertz CT molecular complexity index is 1170. The molecule has 0 radical (unpaired) electrons. The van der Waals surface area contributed by atoms with Crippen LogP contribution in [0, 0.1) is 6.92 Å². The number of hydrogen-bond donors (Lipinski definition) is 1. The van der Waals surface area contributed by atoms with Crippen LogP contribution in [0.3, 0.4) is 0 Å². The van der Waals surface area contributed by atoms with Gasteiger partial charge in [0.1, 0.15) is 12.6 Å². The monoisotopic (exact) mass is 527 g/mol. The second kappa shape index (κ2) is 12.6. The Morgan fingerprint density at radius 2 is 1.65 bits per heavy atom. The normalized spacial score (nSPS) is 15.0. The predicted octanol–water partition coefficient (Wildman–Crippen LogP) is 4.75. The van der Waals surface area contributed by atoms with Crippen molar-refractivity contribution in [2.75, 3.05) is 17.1 Å². The zero-order chi connectivity index (χ0) is 27.2. The van der Waals surface area contributed by atoms with Crippen molar-refractivity contribution in [1.82, 2.24) is 10.2 Å². The van der Waals surface area contributed by atoms with E-state index in [1.54, 1.807) is 17.0 Å². The van der Waals surface area contributed by atoms with Gasteiger partial charge >= 0.3 is 0 Å². The van der Waals surface area contributed by atoms with E-state index in [0.717, 1.165) is 48.6 Å². The SMILES string of the molecule is CC[C@@H](C(=O)NC1CCCC1)N(Cc1ccc(C)cc1)C(=O)CN(c1ccccc1C(C)C)S(C)(=O)=O. The van der Waals surface area contributed by atoms with Crippen LogP contribution >= 0.6 is 0 Å². The molecule has 8 heteroatoms. The number of aryl methyl sites for hydroxylation is 1. The fourth-order valence-corrected chi connectivity index (χ4v) is 5.84. The maximum absolute atomic E-state index is 13.9. The molecule has 37 heavy (non-hydrogen) atoms. The molecular weight excluding hydrogens is 486 g/mol. The number of carbonyl (C=O) groups excluding carboxylic acids is 2. The van der Waals surface area contributed by atoms with Gasteiger partial charge in [0, 0.05) is 12.6 Å². The van der Waals surface area contributed by atoms with Crippen molar-refractivity contribution in [3.63, 3.8) is 0 Å². The van der Waals surface area contributed by atoms with Gasteiger partial charge in [-0.25, -0.2) is 8.42 Å². The molecule has 1 N–H and O–H groups in total. The van der Waals surface area contributed by atoms with E-state index in [9.17, 15) is 18.0 Å². The molecule has 0 bridgehead atoms. The highest BCUT2D eigenvalue weighted by Gasteiger charge is 2.33. The summed E-state index contributed by atoms with van der Waals surface area (Å²) in [5.41, 5.74) is 3.32. The highest BCUT2D eigenvalue weighted by molar-refractivity contribution is 7.92. The lowest BCUT2D eigenvalue weighted by molar-refractivity contribution is -0.140. The zero-order valence-electron chi connectivity index (χ0n) is 22.7. The van der Waals surface area contributed by atoms with Crippen LogP contribution in [0.25, 0.3) is 0 Å². The number of carbonyl (C=O) groups is 2. The Balaban J connectivity index is 1.96. The number of nitrogens with one attached hydrogen (secondary N) is 1. The second-order valence-corrected chi connectivity index (χ2v) is 12.3. The first kappa shape index (κ1) is 28.7. The molecule has 2 amide bonds. The van der Waals surface area contributed by atoms with Gasteiger partial charge in [0.05, 0.1) is 11.9 Å². The minimum atomic E-state index is -3.77. The van der Waals surface area contributed by atoms with E-state index in [2.05, 4.69) is 5.32 Å². The van der Waals surface area contributed by atoms with Crippen molar-refractivity contribution in [2.24, 2.45) is 0 Å². The van der Waals surface area contributed by atoms with Crippen molar-refractivity contribution in [1.29, 1.82) is 0 Å². The molecule has 1 aliphatic carbocycles. The smallest absolute Gasteiger partial charge is 0.244 e. The highest BCUT2D eigenvalue weighted by Crippen LogP contribution is 2.29. The standard InChI is InChI=1S/C29H41N3O4S/c1-6-26(29(34)30-24-11-7-8-12-24)31(19-23-17-15-22(4)16-18-23)28(33)20-32(37(5,35)36)27-14-10-9-13-25(27)21(2)3/h9-10,13-18,21,24,26H,6-8,11-12,19-20H2,1-5H3,(H,30,34)/t26-/m0/s1. The van der Waals surface area contributed by atoms with Crippen LogP contribution in [0.1, 0.15) is 75.5 Å². The van der Waals surface area contributed by atoms with Crippen molar-refractivity contribution in [3.05, 3.63) is 65.2 Å². The van der Waals surface area contributed by atoms with Crippen LogP contribution < -0.4 is 9.62 Å². The molecule has 1 saturated carbocycles. The molecule has 0 saturated heterocycles. The number of hydrogen-bond acceptors (Lipinski definition) is 4. The molecule has 2 aromatic carbocycles. The van der Waals surface area contributed by atoms with Crippen molar-refractivity contribution in [3.8, 4) is 0 Å². The van der Waals surface area contributed by atoms with Gasteiger partial charge in [0.25, 0.3) is 0 Å². The molecule has 7 nitrogen and oxygen atoms in total. The summed E-state index contributed by atoms with van der Waals surface area (Å²) in [7, 11) is -3.77. The molecule has 2 aromatic rings. The summed E-state index contributed by atoms with van der Waals surface area (Å²) in [5, 5.41) is 3.13. The van der Waals surface area contributed by atoms with E-state index in [1.807, 2.05) is 64.1 Å². The molecule has 0 heterocycles. The lowest BCUT2D eigenvalue weighted by Gasteiger charge is -2.34. The van der Waals surface area contributed by atoms with Crippen LogP contribution in [-0.2, 0) is 26.2 Å². The third-order valence-corrected chi connectivity index (χ3v) is 8.19. The third kappa shape index (κ3) is 7.57. The third-order valence-electron chi connectivity index (χ3n) is 7.07. The summed E-state index contributed by atoms with van der Waals surface area (Å²) >= 11 is 0. The molecule has 1 atom stereocenters. The number of amides is 2. The van der Waals surface area contributed by atoms with Crippen LogP contribution in [0.2, 0.25) is 0 Å². The van der Waals surface area contributed by atoms with Gasteiger partial charge in [0.15, 0.2) is 0 Å². The van der Waals surface area contributed by atoms with E-state index in [4.69, 9.17) is 0 Å². The number of nitrogens with zero attached hydrogens (tertiary/aromatic N) is 2. The summed E-state index contributed by atoms with van der Waals surface area (Å²) in [6.45, 7) is 7.71. The Labute approximate surface area is 222 Å². The van der Waals surface area contributed by atoms with Crippen LogP contribution in [-0.4, -0.2) is 50.0 Å². The Morgan fingerprint density at radius 3 is 2.22 bits per heavy atom. The van der Waals surface area contributed by atoms with E-state index < -0.39 is 22.0 Å². The van der Waals surface area contributed by atoms with E-state index in [1.165, 1.54) is 4.31 Å². The molecule has 0 aromatic heterocycles. The second-order valence-electron chi connectivity index (χ2n) is 10.4. The molecule has 1 fully saturated rings. The lowest BCUT2D eigenvalue weighted by atomic mass is 10.0. The van der Waals surface area contributed by atoms with Gasteiger partial charge in [-0.05, 0) is 49.3 Å². The van der Waals surface area contributed by atoms with Gasteiger partial charge < -0.3 is 10.2 Å². The first-order valence-corrected chi connectivity index (χ1v) is 15.1. The number of anilines is 1. The van der Waals surface area contributed by atoms with E-state index in [0.29, 0.717) is 12.1 Å². The largest absolute Gasteiger partial charge is 0.352 e. The first-order valence-electron chi connectivity index (χ1n) is 13.2. The summed E-state index contributed by atoms with van der Waals surface area (Å²) < 4.78 is 27.1. The Hall–Kier alpha value is -2.87. The zero-order valence-corrected chi connectivity index (χ0v) is 23.6. The van der Waals surface area contributed by atoms with Gasteiger partial charge in [0.2, 0.25) is 21.8 Å². The van der Waals surface area contributed by atoms with Crippen molar-refractivity contribution in [2.45, 2.75) is 84.3 Å². The van der Waals surface area contributed by atoms with Crippen LogP contribution in [0.15, 0.2) is 48.5 Å². The van der Waals surface area contributed by atoms with Gasteiger partial charge in [-0.2, -0.15) is 0 Å². The van der Waals surface area contributed by atoms with Gasteiger partial charge in [-0.1, -0.05) is 81.6 Å². The minimum Gasteiger partial charge on any atom is -0.352 e. The number of sulfonamides is 1. The van der Waals surface area contributed by atoms with E-state index >= 15 is 0 Å². The average Bonchev–Trinajstić information content (AvgIpc) is 3.35. The van der Waals surface area contributed by atoms with E-state index in [-0.39, 0.29) is 31.0 Å². The quantitative estimate of drug-likeness (QED) is 0.457.